The molecule has 0 spiro atoms. The second-order valence-corrected chi connectivity index (χ2v) is 7.16. The van der Waals surface area contributed by atoms with E-state index < -0.39 is 10.0 Å². The van der Waals surface area contributed by atoms with E-state index in [2.05, 4.69) is 21.8 Å². The minimum Gasteiger partial charge on any atom is -0.325 e. The highest BCUT2D eigenvalue weighted by Crippen LogP contribution is 2.28. The van der Waals surface area contributed by atoms with Gasteiger partial charge in [0.15, 0.2) is 0 Å². The van der Waals surface area contributed by atoms with Gasteiger partial charge in [-0.2, -0.15) is 5.10 Å². The lowest BCUT2D eigenvalue weighted by atomic mass is 9.83. The van der Waals surface area contributed by atoms with Crippen molar-refractivity contribution >= 4 is 10.0 Å². The second-order valence-electron chi connectivity index (χ2n) is 5.51. The lowest BCUT2D eigenvalue weighted by Gasteiger charge is -2.31. The molecular weight excluding hydrogens is 276 g/mol. The van der Waals surface area contributed by atoms with Gasteiger partial charge in [0.25, 0.3) is 0 Å². The van der Waals surface area contributed by atoms with Gasteiger partial charge in [-0.1, -0.05) is 26.2 Å². The van der Waals surface area contributed by atoms with Crippen LogP contribution in [0.15, 0.2) is 4.90 Å². The molecule has 1 aliphatic carbocycles. The molecule has 0 amide bonds. The van der Waals surface area contributed by atoms with Crippen LogP contribution in [0, 0.1) is 12.8 Å². The molecule has 2 rings (SSSR count). The van der Waals surface area contributed by atoms with Crippen molar-refractivity contribution in [2.24, 2.45) is 11.7 Å². The SMILES string of the molecule is CCC1CCCCC1NS(=O)(=O)c1c(CN)n[nH]c1C. The van der Waals surface area contributed by atoms with Crippen LogP contribution in [0.5, 0.6) is 0 Å². The summed E-state index contributed by atoms with van der Waals surface area (Å²) >= 11 is 0. The Kier molecular flexibility index (Phi) is 4.82. The molecule has 2 atom stereocenters. The summed E-state index contributed by atoms with van der Waals surface area (Å²) in [6.45, 7) is 3.94. The number of H-pyrrole nitrogens is 1. The van der Waals surface area contributed by atoms with E-state index >= 15 is 0 Å². The molecule has 1 aromatic heterocycles. The fourth-order valence-corrected chi connectivity index (χ4v) is 4.79. The largest absolute Gasteiger partial charge is 0.325 e. The summed E-state index contributed by atoms with van der Waals surface area (Å²) in [5, 5.41) is 6.67. The van der Waals surface area contributed by atoms with Crippen LogP contribution in [0.25, 0.3) is 0 Å². The summed E-state index contributed by atoms with van der Waals surface area (Å²) in [7, 11) is -3.56. The number of hydrogen-bond acceptors (Lipinski definition) is 4. The number of aromatic amines is 1. The van der Waals surface area contributed by atoms with E-state index in [9.17, 15) is 8.42 Å². The number of aryl methyl sites for hydroxylation is 1. The van der Waals surface area contributed by atoms with Crippen molar-refractivity contribution in [1.82, 2.24) is 14.9 Å². The molecule has 6 nitrogen and oxygen atoms in total. The molecule has 0 aromatic carbocycles. The summed E-state index contributed by atoms with van der Waals surface area (Å²) in [6, 6.07) is 0.0266. The molecule has 114 valence electrons. The van der Waals surface area contributed by atoms with Gasteiger partial charge in [0.05, 0.1) is 11.4 Å². The molecule has 1 aromatic rings. The summed E-state index contributed by atoms with van der Waals surface area (Å²) in [4.78, 5) is 0.223. The number of rotatable bonds is 5. The monoisotopic (exact) mass is 300 g/mol. The molecule has 20 heavy (non-hydrogen) atoms. The molecule has 0 aliphatic heterocycles. The Balaban J connectivity index is 2.24. The minimum absolute atomic E-state index is 0.0266. The molecule has 1 saturated carbocycles. The summed E-state index contributed by atoms with van der Waals surface area (Å²) in [6.07, 6.45) is 5.28. The Morgan fingerprint density at radius 1 is 1.40 bits per heavy atom. The zero-order valence-corrected chi connectivity index (χ0v) is 13.0. The lowest BCUT2D eigenvalue weighted by Crippen LogP contribution is -2.42. The van der Waals surface area contributed by atoms with Gasteiger partial charge in [-0.05, 0) is 25.7 Å². The van der Waals surface area contributed by atoms with Crippen LogP contribution in [0.1, 0.15) is 50.4 Å². The summed E-state index contributed by atoms with van der Waals surface area (Å²) in [5.74, 6) is 0.423. The molecular formula is C13H24N4O2S. The quantitative estimate of drug-likeness (QED) is 0.765. The number of nitrogens with one attached hydrogen (secondary N) is 2. The molecule has 1 heterocycles. The van der Waals surface area contributed by atoms with E-state index in [4.69, 9.17) is 5.73 Å². The molecule has 1 aliphatic rings. The Morgan fingerprint density at radius 3 is 2.75 bits per heavy atom. The predicted octanol–water partition coefficient (Wildman–Crippen LogP) is 1.42. The first-order valence-corrected chi connectivity index (χ1v) is 8.74. The molecule has 4 N–H and O–H groups in total. The third-order valence-corrected chi connectivity index (χ3v) is 5.86. The Bertz CT molecular complexity index is 553. The summed E-state index contributed by atoms with van der Waals surface area (Å²) in [5.41, 5.74) is 6.52. The minimum atomic E-state index is -3.56. The molecule has 0 saturated heterocycles. The van der Waals surface area contributed by atoms with Gasteiger partial charge in [0, 0.05) is 12.6 Å². The zero-order valence-electron chi connectivity index (χ0n) is 12.1. The van der Waals surface area contributed by atoms with Crippen molar-refractivity contribution < 1.29 is 8.42 Å². The van der Waals surface area contributed by atoms with E-state index in [1.165, 1.54) is 6.42 Å². The van der Waals surface area contributed by atoms with Crippen LogP contribution in [0.4, 0.5) is 0 Å². The van der Waals surface area contributed by atoms with Crippen LogP contribution in [0.2, 0.25) is 0 Å². The van der Waals surface area contributed by atoms with Crippen LogP contribution in [-0.2, 0) is 16.6 Å². The lowest BCUT2D eigenvalue weighted by molar-refractivity contribution is 0.282. The highest BCUT2D eigenvalue weighted by molar-refractivity contribution is 7.89. The fourth-order valence-electron chi connectivity index (χ4n) is 3.07. The van der Waals surface area contributed by atoms with Crippen molar-refractivity contribution in [3.63, 3.8) is 0 Å². The normalized spacial score (nSPS) is 23.9. The van der Waals surface area contributed by atoms with Gasteiger partial charge in [0.2, 0.25) is 10.0 Å². The maximum atomic E-state index is 12.6. The van der Waals surface area contributed by atoms with Crippen molar-refractivity contribution in [1.29, 1.82) is 0 Å². The number of nitrogens with two attached hydrogens (primary N) is 1. The van der Waals surface area contributed by atoms with E-state index in [1.54, 1.807) is 6.92 Å². The molecule has 7 heteroatoms. The maximum absolute atomic E-state index is 12.6. The van der Waals surface area contributed by atoms with Crippen LogP contribution < -0.4 is 10.5 Å². The average Bonchev–Trinajstić information content (AvgIpc) is 2.81. The first-order chi connectivity index (χ1) is 9.49. The summed E-state index contributed by atoms with van der Waals surface area (Å²) < 4.78 is 28.1. The van der Waals surface area contributed by atoms with Crippen LogP contribution in [-0.4, -0.2) is 24.7 Å². The van der Waals surface area contributed by atoms with Gasteiger partial charge in [0.1, 0.15) is 4.90 Å². The van der Waals surface area contributed by atoms with Gasteiger partial charge >= 0.3 is 0 Å². The smallest absolute Gasteiger partial charge is 0.244 e. The van der Waals surface area contributed by atoms with E-state index in [-0.39, 0.29) is 17.5 Å². The van der Waals surface area contributed by atoms with E-state index in [1.807, 2.05) is 0 Å². The van der Waals surface area contributed by atoms with Crippen LogP contribution >= 0.6 is 0 Å². The highest BCUT2D eigenvalue weighted by Gasteiger charge is 2.31. The van der Waals surface area contributed by atoms with Crippen molar-refractivity contribution in [3.8, 4) is 0 Å². The number of nitrogens with zero attached hydrogens (tertiary/aromatic N) is 1. The third-order valence-electron chi connectivity index (χ3n) is 4.16. The number of sulfonamides is 1. The van der Waals surface area contributed by atoms with E-state index in [0.29, 0.717) is 17.3 Å². The topological polar surface area (TPSA) is 101 Å². The van der Waals surface area contributed by atoms with Gasteiger partial charge in [-0.3, -0.25) is 5.10 Å². The van der Waals surface area contributed by atoms with Crippen molar-refractivity contribution in [2.45, 2.75) is 63.4 Å². The van der Waals surface area contributed by atoms with Gasteiger partial charge < -0.3 is 5.73 Å². The molecule has 0 radical (unpaired) electrons. The number of hydrogen-bond donors (Lipinski definition) is 3. The maximum Gasteiger partial charge on any atom is 0.244 e. The standard InChI is InChI=1S/C13H24N4O2S/c1-3-10-6-4-5-7-11(10)17-20(18,19)13-9(2)15-16-12(13)8-14/h10-11,17H,3-8,14H2,1-2H3,(H,15,16). The number of aromatic nitrogens is 2. The average molecular weight is 300 g/mol. The van der Waals surface area contributed by atoms with Gasteiger partial charge in [-0.25, -0.2) is 13.1 Å². The first-order valence-electron chi connectivity index (χ1n) is 7.25. The first kappa shape index (κ1) is 15.5. The molecule has 0 bridgehead atoms. The Hall–Kier alpha value is -0.920. The highest BCUT2D eigenvalue weighted by atomic mass is 32.2. The third kappa shape index (κ3) is 3.05. The second kappa shape index (κ2) is 6.24. The fraction of sp³-hybridized carbons (Fsp3) is 0.769. The van der Waals surface area contributed by atoms with Crippen LogP contribution in [0.3, 0.4) is 0 Å². The molecule has 2 unspecified atom stereocenters. The van der Waals surface area contributed by atoms with E-state index in [0.717, 1.165) is 25.7 Å². The molecule has 1 fully saturated rings. The predicted molar refractivity (Wildman–Crippen MR) is 77.6 cm³/mol. The Labute approximate surface area is 120 Å². The Morgan fingerprint density at radius 2 is 2.10 bits per heavy atom. The zero-order chi connectivity index (χ0) is 14.8. The van der Waals surface area contributed by atoms with Crippen molar-refractivity contribution in [2.75, 3.05) is 0 Å². The van der Waals surface area contributed by atoms with Gasteiger partial charge in [-0.15, -0.1) is 0 Å². The van der Waals surface area contributed by atoms with Crippen molar-refractivity contribution in [3.05, 3.63) is 11.4 Å².